The maximum Gasteiger partial charge on any atom is 0.328 e. The Morgan fingerprint density at radius 2 is 2.00 bits per heavy atom. The minimum absolute atomic E-state index is 0.0777. The van der Waals surface area contributed by atoms with Gasteiger partial charge in [0, 0.05) is 0 Å². The Morgan fingerprint density at radius 3 is 2.54 bits per heavy atom. The molecule has 3 amide bonds. The van der Waals surface area contributed by atoms with E-state index in [1.807, 2.05) is 5.32 Å². The van der Waals surface area contributed by atoms with Crippen LogP contribution in [-0.2, 0) is 9.59 Å². The molecule has 0 fully saturated rings. The third-order valence-corrected chi connectivity index (χ3v) is 3.03. The highest BCUT2D eigenvalue weighted by atomic mass is 16.5. The van der Waals surface area contributed by atoms with Crippen molar-refractivity contribution in [3.8, 4) is 11.8 Å². The van der Waals surface area contributed by atoms with Gasteiger partial charge in [0.1, 0.15) is 6.04 Å². The molecule has 0 saturated heterocycles. The number of carboxylic acids is 1. The normalized spacial score (nSPS) is 14.2. The van der Waals surface area contributed by atoms with Crippen molar-refractivity contribution in [3.05, 3.63) is 12.2 Å². The first kappa shape index (κ1) is 18.8. The zero-order chi connectivity index (χ0) is 19.3. The van der Waals surface area contributed by atoms with Crippen molar-refractivity contribution in [1.29, 1.82) is 0 Å². The molecule has 0 aromatic carbocycles. The quantitative estimate of drug-likeness (QED) is 0.348. The molecule has 140 valence electrons. The number of nitrogens with one attached hydrogen (secondary N) is 2. The monoisotopic (exact) mass is 369 g/mol. The summed E-state index contributed by atoms with van der Waals surface area (Å²) in [5, 5.41) is 33.3. The van der Waals surface area contributed by atoms with Gasteiger partial charge in [0.2, 0.25) is 11.8 Å². The summed E-state index contributed by atoms with van der Waals surface area (Å²) >= 11 is 0. The molecular formula is C12H15N7O7. The van der Waals surface area contributed by atoms with E-state index in [0.29, 0.717) is 0 Å². The molecule has 0 saturated carbocycles. The summed E-state index contributed by atoms with van der Waals surface area (Å²) in [6, 6.07) is -3.72. The smallest absolute Gasteiger partial charge is 0.328 e. The van der Waals surface area contributed by atoms with Gasteiger partial charge in [-0.25, -0.2) is 9.59 Å². The van der Waals surface area contributed by atoms with Crippen LogP contribution in [0.1, 0.15) is 25.3 Å². The molecule has 0 radical (unpaired) electrons. The molecule has 14 nitrogen and oxygen atoms in total. The number of aliphatic carboxylic acids is 1. The largest absolute Gasteiger partial charge is 0.480 e. The number of hydrogen-bond acceptors (Lipinski definition) is 10. The zero-order valence-electron chi connectivity index (χ0n) is 13.3. The number of primary amides is 1. The number of urea groups is 1. The number of carboxylic acid groups (broad SMARTS) is 1. The van der Waals surface area contributed by atoms with Crippen molar-refractivity contribution >= 4 is 17.9 Å². The van der Waals surface area contributed by atoms with Gasteiger partial charge in [-0.15, -0.1) is 10.2 Å². The number of amides is 3. The van der Waals surface area contributed by atoms with E-state index in [1.54, 1.807) is 0 Å². The van der Waals surface area contributed by atoms with E-state index >= 15 is 0 Å². The second-order valence-electron chi connectivity index (χ2n) is 5.09. The van der Waals surface area contributed by atoms with Gasteiger partial charge in [0.25, 0.3) is 0 Å². The molecule has 6 N–H and O–H groups in total. The lowest BCUT2D eigenvalue weighted by molar-refractivity contribution is -0.141. The molecule has 3 atom stereocenters. The Labute approximate surface area is 144 Å². The van der Waals surface area contributed by atoms with Gasteiger partial charge in [0.15, 0.2) is 12.4 Å². The first-order chi connectivity index (χ1) is 12.3. The van der Waals surface area contributed by atoms with Crippen molar-refractivity contribution in [2.24, 2.45) is 5.73 Å². The van der Waals surface area contributed by atoms with Crippen molar-refractivity contribution in [2.75, 3.05) is 0 Å². The third-order valence-electron chi connectivity index (χ3n) is 3.03. The van der Waals surface area contributed by atoms with E-state index in [0.717, 1.165) is 6.33 Å². The highest BCUT2D eigenvalue weighted by Crippen LogP contribution is 2.20. The average molecular weight is 369 g/mol. The number of carbonyl (C=O) groups is 3. The number of carbonyl (C=O) groups excluding carboxylic acids is 2. The predicted molar refractivity (Wildman–Crippen MR) is 78.9 cm³/mol. The molecule has 0 bridgehead atoms. The molecule has 0 aliphatic heterocycles. The van der Waals surface area contributed by atoms with Gasteiger partial charge in [-0.3, -0.25) is 4.79 Å². The molecule has 2 heterocycles. The van der Waals surface area contributed by atoms with E-state index in [4.69, 9.17) is 19.8 Å². The fourth-order valence-electron chi connectivity index (χ4n) is 1.86. The number of nitrogens with zero attached hydrogens (tertiary/aromatic N) is 4. The van der Waals surface area contributed by atoms with Crippen LogP contribution in [0.3, 0.4) is 0 Å². The molecule has 26 heavy (non-hydrogen) atoms. The minimum atomic E-state index is -1.57. The second-order valence-corrected chi connectivity index (χ2v) is 5.09. The van der Waals surface area contributed by atoms with E-state index in [9.17, 15) is 19.5 Å². The second kappa shape index (κ2) is 8.02. The topological polar surface area (TPSA) is 220 Å². The van der Waals surface area contributed by atoms with E-state index in [-0.39, 0.29) is 17.7 Å². The summed E-state index contributed by atoms with van der Waals surface area (Å²) in [6.45, 7) is 1.19. The molecule has 0 aliphatic carbocycles. The predicted octanol–water partition coefficient (Wildman–Crippen LogP) is -1.83. The number of aliphatic hydroxyl groups is 1. The van der Waals surface area contributed by atoms with Crippen molar-refractivity contribution in [3.63, 3.8) is 0 Å². The lowest BCUT2D eigenvalue weighted by atomic mass is 10.2. The standard InChI is InChI=1S/C12H15N7O7/c1-4(20)7(11(22)23)17-12(24)16-5(2-6(13)21)8-18-19-10(25-8)9-14-3-15-26-9/h3-5,7,20H,2H2,1H3,(H2,13,21)(H,22,23)(H2,16,17,24)/t4?,5-,7?/m0/s1. The van der Waals surface area contributed by atoms with Crippen molar-refractivity contribution in [1.82, 2.24) is 31.0 Å². The number of rotatable bonds is 8. The number of hydrogen-bond donors (Lipinski definition) is 5. The Bertz CT molecular complexity index is 773. The summed E-state index contributed by atoms with van der Waals surface area (Å²) in [5.41, 5.74) is 5.13. The van der Waals surface area contributed by atoms with Crippen molar-refractivity contribution in [2.45, 2.75) is 31.5 Å². The molecular weight excluding hydrogens is 354 g/mol. The maximum atomic E-state index is 12.0. The summed E-state index contributed by atoms with van der Waals surface area (Å²) in [7, 11) is 0. The molecule has 2 aromatic rings. The number of nitrogens with two attached hydrogens (primary N) is 1. The van der Waals surface area contributed by atoms with Crippen LogP contribution in [0.2, 0.25) is 0 Å². The Hall–Kier alpha value is -3.55. The third kappa shape index (κ3) is 4.73. The van der Waals surface area contributed by atoms with Gasteiger partial charge in [-0.2, -0.15) is 4.98 Å². The van der Waals surface area contributed by atoms with Gasteiger partial charge < -0.3 is 35.5 Å². The SMILES string of the molecule is CC(O)C(NC(=O)N[C@@H](CC(N)=O)c1nnc(-c2ncno2)o1)C(=O)O. The summed E-state index contributed by atoms with van der Waals surface area (Å²) in [6.07, 6.45) is -0.667. The van der Waals surface area contributed by atoms with Crippen LogP contribution in [0.4, 0.5) is 4.79 Å². The molecule has 2 unspecified atom stereocenters. The lowest BCUT2D eigenvalue weighted by Gasteiger charge is -2.19. The van der Waals surface area contributed by atoms with E-state index < -0.39 is 42.5 Å². The molecule has 0 aliphatic rings. The number of aromatic nitrogens is 4. The van der Waals surface area contributed by atoms with E-state index in [2.05, 4.69) is 25.7 Å². The molecule has 2 rings (SSSR count). The Morgan fingerprint density at radius 1 is 1.27 bits per heavy atom. The maximum absolute atomic E-state index is 12.0. The Kier molecular flexibility index (Phi) is 5.79. The molecule has 0 spiro atoms. The summed E-state index contributed by atoms with van der Waals surface area (Å²) in [4.78, 5) is 37.9. The van der Waals surface area contributed by atoms with Gasteiger partial charge in [-0.1, -0.05) is 5.16 Å². The van der Waals surface area contributed by atoms with Crippen LogP contribution in [0.5, 0.6) is 0 Å². The first-order valence-electron chi connectivity index (χ1n) is 7.14. The molecule has 2 aromatic heterocycles. The highest BCUT2D eigenvalue weighted by molar-refractivity contribution is 5.83. The van der Waals surface area contributed by atoms with Gasteiger partial charge >= 0.3 is 23.8 Å². The summed E-state index contributed by atoms with van der Waals surface area (Å²) < 4.78 is 10.00. The van der Waals surface area contributed by atoms with Gasteiger partial charge in [-0.05, 0) is 6.92 Å². The van der Waals surface area contributed by atoms with Crippen LogP contribution < -0.4 is 16.4 Å². The van der Waals surface area contributed by atoms with Gasteiger partial charge in [0.05, 0.1) is 12.5 Å². The van der Waals surface area contributed by atoms with Crippen molar-refractivity contribution < 1.29 is 33.5 Å². The fraction of sp³-hybridized carbons (Fsp3) is 0.417. The zero-order valence-corrected chi connectivity index (χ0v) is 13.3. The van der Waals surface area contributed by atoms with Crippen LogP contribution in [0.15, 0.2) is 15.3 Å². The first-order valence-corrected chi connectivity index (χ1v) is 7.14. The van der Waals surface area contributed by atoms with Crippen LogP contribution in [0.25, 0.3) is 11.8 Å². The van der Waals surface area contributed by atoms with Crippen LogP contribution >= 0.6 is 0 Å². The summed E-state index contributed by atoms with van der Waals surface area (Å²) in [5.74, 6) is -2.67. The number of aliphatic hydroxyl groups excluding tert-OH is 1. The van der Waals surface area contributed by atoms with E-state index in [1.165, 1.54) is 6.92 Å². The molecule has 14 heteroatoms. The van der Waals surface area contributed by atoms with Crippen LogP contribution in [0, 0.1) is 0 Å². The lowest BCUT2D eigenvalue weighted by Crippen LogP contribution is -2.52. The fourth-order valence-corrected chi connectivity index (χ4v) is 1.86. The highest BCUT2D eigenvalue weighted by Gasteiger charge is 2.29. The van der Waals surface area contributed by atoms with Crippen LogP contribution in [-0.4, -0.2) is 60.6 Å². The minimum Gasteiger partial charge on any atom is -0.480 e. The average Bonchev–Trinajstić information content (AvgIpc) is 3.21. The Balaban J connectivity index is 2.13.